The maximum atomic E-state index is 5.85. The predicted molar refractivity (Wildman–Crippen MR) is 97.6 cm³/mol. The van der Waals surface area contributed by atoms with Gasteiger partial charge in [-0.2, -0.15) is 9.78 Å². The minimum absolute atomic E-state index is 0.142. The van der Waals surface area contributed by atoms with E-state index in [0.29, 0.717) is 10.0 Å². The van der Waals surface area contributed by atoms with Gasteiger partial charge in [0.1, 0.15) is 0 Å². The van der Waals surface area contributed by atoms with Crippen LogP contribution in [0, 0.1) is 0 Å². The van der Waals surface area contributed by atoms with Gasteiger partial charge in [-0.25, -0.2) is 4.99 Å². The highest BCUT2D eigenvalue weighted by Gasteiger charge is 2.06. The minimum Gasteiger partial charge on any atom is -0.366 e. The fourth-order valence-electron chi connectivity index (χ4n) is 1.83. The van der Waals surface area contributed by atoms with Gasteiger partial charge in [0.05, 0.1) is 6.21 Å². The Hall–Kier alpha value is -2.70. The molecular weight excluding hydrogens is 347 g/mol. The molecule has 1 aromatic heterocycles. The van der Waals surface area contributed by atoms with Gasteiger partial charge in [0, 0.05) is 16.3 Å². The van der Waals surface area contributed by atoms with Crippen LogP contribution in [0.15, 0.2) is 58.6 Å². The van der Waals surface area contributed by atoms with E-state index < -0.39 is 0 Å². The van der Waals surface area contributed by atoms with E-state index in [1.54, 1.807) is 36.7 Å². The Bertz CT molecular complexity index is 882. The molecule has 24 heavy (non-hydrogen) atoms. The van der Waals surface area contributed by atoms with Crippen LogP contribution in [0.2, 0.25) is 10.0 Å². The van der Waals surface area contributed by atoms with Crippen molar-refractivity contribution in [1.29, 1.82) is 0 Å². The lowest BCUT2D eigenvalue weighted by atomic mass is 10.2. The number of anilines is 1. The molecule has 0 saturated heterocycles. The Labute approximate surface area is 148 Å². The van der Waals surface area contributed by atoms with Crippen molar-refractivity contribution in [2.24, 2.45) is 10.1 Å². The highest BCUT2D eigenvalue weighted by Crippen LogP contribution is 2.14. The van der Waals surface area contributed by atoms with Crippen LogP contribution in [0.25, 0.3) is 0 Å². The molecule has 1 heterocycles. The summed E-state index contributed by atoms with van der Waals surface area (Å²) >= 11 is 11.7. The number of nitrogens with two attached hydrogens (primary N) is 1. The van der Waals surface area contributed by atoms with E-state index in [0.717, 1.165) is 11.1 Å². The maximum absolute atomic E-state index is 5.85. The Morgan fingerprint density at radius 2 is 1.38 bits per heavy atom. The minimum atomic E-state index is 0.142. The number of nitrogen functional groups attached to an aromatic ring is 1. The fourth-order valence-corrected chi connectivity index (χ4v) is 2.08. The summed E-state index contributed by atoms with van der Waals surface area (Å²) in [6.07, 6.45) is 3.26. The van der Waals surface area contributed by atoms with E-state index in [4.69, 9.17) is 28.9 Å². The standard InChI is InChI=1S/C16H12Cl2N6/c17-13-5-1-11(2-6-13)9-20-16-23-22-15(19)24(16)21-10-12-3-7-14(18)8-4-12/h1-10H,(H2,19,22)/b20-9+,21-10+. The molecule has 3 rings (SSSR count). The highest BCUT2D eigenvalue weighted by atomic mass is 35.5. The second-order valence-electron chi connectivity index (χ2n) is 4.78. The van der Waals surface area contributed by atoms with Gasteiger partial charge < -0.3 is 5.73 Å². The molecule has 2 N–H and O–H groups in total. The number of aromatic nitrogens is 3. The van der Waals surface area contributed by atoms with E-state index in [-0.39, 0.29) is 11.9 Å². The second kappa shape index (κ2) is 7.25. The van der Waals surface area contributed by atoms with Gasteiger partial charge >= 0.3 is 0 Å². The largest absolute Gasteiger partial charge is 0.366 e. The van der Waals surface area contributed by atoms with Crippen molar-refractivity contribution in [2.45, 2.75) is 0 Å². The molecule has 0 aliphatic carbocycles. The maximum Gasteiger partial charge on any atom is 0.273 e. The van der Waals surface area contributed by atoms with Crippen molar-refractivity contribution in [3.8, 4) is 0 Å². The number of benzene rings is 2. The molecule has 0 aliphatic heterocycles. The van der Waals surface area contributed by atoms with Crippen LogP contribution in [-0.2, 0) is 0 Å². The van der Waals surface area contributed by atoms with Crippen LogP contribution < -0.4 is 5.73 Å². The summed E-state index contributed by atoms with van der Waals surface area (Å²) in [7, 11) is 0. The normalized spacial score (nSPS) is 11.6. The molecular formula is C16H12Cl2N6. The topological polar surface area (TPSA) is 81.5 Å². The highest BCUT2D eigenvalue weighted by molar-refractivity contribution is 6.30. The third kappa shape index (κ3) is 3.98. The Kier molecular flexibility index (Phi) is 4.88. The van der Waals surface area contributed by atoms with E-state index >= 15 is 0 Å². The average molecular weight is 359 g/mol. The number of aliphatic imine (C=N–C) groups is 1. The number of rotatable bonds is 4. The second-order valence-corrected chi connectivity index (χ2v) is 5.65. The molecule has 8 heteroatoms. The zero-order valence-corrected chi connectivity index (χ0v) is 13.9. The van der Waals surface area contributed by atoms with Crippen LogP contribution in [0.4, 0.5) is 11.9 Å². The summed E-state index contributed by atoms with van der Waals surface area (Å²) < 4.78 is 1.35. The van der Waals surface area contributed by atoms with Crippen LogP contribution in [0.5, 0.6) is 0 Å². The quantitative estimate of drug-likeness (QED) is 0.720. The molecule has 2 aromatic carbocycles. The third-order valence-corrected chi connectivity index (χ3v) is 3.54. The molecule has 0 atom stereocenters. The van der Waals surface area contributed by atoms with Crippen molar-refractivity contribution in [2.75, 3.05) is 5.73 Å². The monoisotopic (exact) mass is 358 g/mol. The van der Waals surface area contributed by atoms with Crippen LogP contribution in [-0.4, -0.2) is 27.3 Å². The van der Waals surface area contributed by atoms with E-state index in [1.807, 2.05) is 24.3 Å². The number of hydrogen-bond acceptors (Lipinski definition) is 5. The van der Waals surface area contributed by atoms with Crippen LogP contribution >= 0.6 is 23.2 Å². The first-order valence-electron chi connectivity index (χ1n) is 6.92. The molecule has 0 unspecified atom stereocenters. The molecule has 0 spiro atoms. The van der Waals surface area contributed by atoms with Crippen molar-refractivity contribution in [3.63, 3.8) is 0 Å². The van der Waals surface area contributed by atoms with Gasteiger partial charge in [0.2, 0.25) is 5.95 Å². The van der Waals surface area contributed by atoms with Gasteiger partial charge in [-0.05, 0) is 35.4 Å². The number of hydrogen-bond donors (Lipinski definition) is 1. The zero-order valence-electron chi connectivity index (χ0n) is 12.3. The first-order valence-corrected chi connectivity index (χ1v) is 7.68. The smallest absolute Gasteiger partial charge is 0.273 e. The molecule has 0 fully saturated rings. The molecule has 0 radical (unpaired) electrons. The summed E-state index contributed by atoms with van der Waals surface area (Å²) in [5.41, 5.74) is 7.51. The number of nitrogens with zero attached hydrogens (tertiary/aromatic N) is 5. The summed E-state index contributed by atoms with van der Waals surface area (Å²) in [5, 5.41) is 13.3. The lowest BCUT2D eigenvalue weighted by molar-refractivity contribution is 0.892. The van der Waals surface area contributed by atoms with Crippen molar-refractivity contribution < 1.29 is 0 Å². The van der Waals surface area contributed by atoms with Gasteiger partial charge in [0.15, 0.2) is 0 Å². The number of halogens is 2. The molecule has 0 bridgehead atoms. The van der Waals surface area contributed by atoms with E-state index in [9.17, 15) is 0 Å². The first kappa shape index (κ1) is 16.2. The van der Waals surface area contributed by atoms with E-state index in [2.05, 4.69) is 20.3 Å². The SMILES string of the molecule is Nc1nnc(/N=C/c2ccc(Cl)cc2)n1/N=C/c1ccc(Cl)cc1. The molecule has 6 nitrogen and oxygen atoms in total. The first-order chi connectivity index (χ1) is 11.6. The zero-order chi connectivity index (χ0) is 16.9. The molecule has 120 valence electrons. The summed E-state index contributed by atoms with van der Waals surface area (Å²) in [4.78, 5) is 4.26. The Morgan fingerprint density at radius 1 is 0.833 bits per heavy atom. The molecule has 0 amide bonds. The van der Waals surface area contributed by atoms with E-state index in [1.165, 1.54) is 4.68 Å². The van der Waals surface area contributed by atoms with Crippen LogP contribution in [0.1, 0.15) is 11.1 Å². The molecule has 0 saturated carbocycles. The Morgan fingerprint density at radius 3 is 1.96 bits per heavy atom. The van der Waals surface area contributed by atoms with Gasteiger partial charge in [-0.3, -0.25) is 0 Å². The summed E-state index contributed by atoms with van der Waals surface area (Å²) in [5.74, 6) is 0.413. The Balaban J connectivity index is 1.83. The van der Waals surface area contributed by atoms with Crippen LogP contribution in [0.3, 0.4) is 0 Å². The fraction of sp³-hybridized carbons (Fsp3) is 0. The lowest BCUT2D eigenvalue weighted by Gasteiger charge is -1.98. The van der Waals surface area contributed by atoms with Gasteiger partial charge in [0.25, 0.3) is 5.95 Å². The predicted octanol–water partition coefficient (Wildman–Crippen LogP) is 3.80. The lowest BCUT2D eigenvalue weighted by Crippen LogP contribution is -1.98. The third-order valence-electron chi connectivity index (χ3n) is 3.04. The van der Waals surface area contributed by atoms with Gasteiger partial charge in [-0.15, -0.1) is 10.2 Å². The summed E-state index contributed by atoms with van der Waals surface area (Å²) in [6.45, 7) is 0. The molecule has 0 aliphatic rings. The molecule has 3 aromatic rings. The average Bonchev–Trinajstić information content (AvgIpc) is 2.94. The van der Waals surface area contributed by atoms with Crippen molar-refractivity contribution in [3.05, 3.63) is 69.7 Å². The van der Waals surface area contributed by atoms with Crippen molar-refractivity contribution in [1.82, 2.24) is 14.9 Å². The van der Waals surface area contributed by atoms with Gasteiger partial charge in [-0.1, -0.05) is 47.5 Å². The van der Waals surface area contributed by atoms with Crippen molar-refractivity contribution >= 4 is 47.5 Å². The summed E-state index contributed by atoms with van der Waals surface area (Å²) in [6, 6.07) is 14.5.